The highest BCUT2D eigenvalue weighted by atomic mass is 35.5. The van der Waals surface area contributed by atoms with E-state index in [2.05, 4.69) is 0 Å². The minimum absolute atomic E-state index is 0.0172. The molecule has 9 nitrogen and oxygen atoms in total. The van der Waals surface area contributed by atoms with Crippen molar-refractivity contribution in [2.24, 2.45) is 5.92 Å². The predicted octanol–water partition coefficient (Wildman–Crippen LogP) is 4.42. The summed E-state index contributed by atoms with van der Waals surface area (Å²) in [5.41, 5.74) is 0.133. The standard InChI is InChI=1S/C31H31ClN2O7/c1-5-7-16-33-22-14-13-19(32)17-20(22)31(30(33)38)23-15-12-18-10-8-9-11-21(18)34(23)26(29(37)40-4)24(27(35)39-3)25(31)28(36)41-6-2/h8-15,17,23,25H,5-7,16H2,1-4H3/t23?,25-,31-/m1/s1. The predicted molar refractivity (Wildman–Crippen MR) is 153 cm³/mol. The molecule has 3 aliphatic rings. The average Bonchev–Trinajstić information content (AvgIpc) is 3.21. The maximum atomic E-state index is 15.0. The van der Waals surface area contributed by atoms with E-state index < -0.39 is 41.2 Å². The van der Waals surface area contributed by atoms with Gasteiger partial charge in [-0.15, -0.1) is 0 Å². The number of carbonyl (C=O) groups excluding carboxylic acids is 4. The van der Waals surface area contributed by atoms with Crippen molar-refractivity contribution < 1.29 is 33.4 Å². The van der Waals surface area contributed by atoms with Gasteiger partial charge >= 0.3 is 17.9 Å². The smallest absolute Gasteiger partial charge is 0.355 e. The minimum Gasteiger partial charge on any atom is -0.466 e. The molecule has 3 aliphatic heterocycles. The van der Waals surface area contributed by atoms with E-state index in [9.17, 15) is 19.2 Å². The normalized spacial score (nSPS) is 22.3. The Morgan fingerprint density at radius 1 is 1.00 bits per heavy atom. The van der Waals surface area contributed by atoms with Crippen LogP contribution in [0.5, 0.6) is 0 Å². The SMILES string of the molecule is CCCCN1C(=O)[C@]2(c3cc(Cl)ccc31)C1C=Cc3ccccc3N1C(C(=O)OC)=C(C(=O)OC)[C@@H]2C(=O)OCC. The van der Waals surface area contributed by atoms with Gasteiger partial charge in [0.15, 0.2) is 0 Å². The van der Waals surface area contributed by atoms with Crippen LogP contribution in [0.3, 0.4) is 0 Å². The molecule has 2 aromatic rings. The molecule has 0 radical (unpaired) electrons. The Morgan fingerprint density at radius 2 is 1.73 bits per heavy atom. The van der Waals surface area contributed by atoms with Crippen LogP contribution in [0.1, 0.15) is 37.8 Å². The van der Waals surface area contributed by atoms with Crippen LogP contribution < -0.4 is 9.80 Å². The summed E-state index contributed by atoms with van der Waals surface area (Å²) in [6.07, 6.45) is 5.17. The van der Waals surface area contributed by atoms with Crippen molar-refractivity contribution >= 4 is 52.9 Å². The van der Waals surface area contributed by atoms with Gasteiger partial charge in [0.1, 0.15) is 17.0 Å². The number of fused-ring (bicyclic) bond motifs is 6. The van der Waals surface area contributed by atoms with Crippen molar-refractivity contribution in [3.8, 4) is 0 Å². The zero-order chi connectivity index (χ0) is 29.5. The number of esters is 3. The Kier molecular flexibility index (Phi) is 7.66. The van der Waals surface area contributed by atoms with E-state index in [0.717, 1.165) is 19.1 Å². The van der Waals surface area contributed by atoms with Crippen LogP contribution in [0.15, 0.2) is 59.8 Å². The molecule has 10 heteroatoms. The number of hydrogen-bond donors (Lipinski definition) is 0. The number of amides is 1. The summed E-state index contributed by atoms with van der Waals surface area (Å²) in [4.78, 5) is 59.5. The number of halogens is 1. The lowest BCUT2D eigenvalue weighted by Crippen LogP contribution is -2.66. The number of ether oxygens (including phenoxy) is 3. The van der Waals surface area contributed by atoms with Crippen molar-refractivity contribution in [3.63, 3.8) is 0 Å². The minimum atomic E-state index is -1.73. The summed E-state index contributed by atoms with van der Waals surface area (Å²) in [7, 11) is 2.35. The van der Waals surface area contributed by atoms with Gasteiger partial charge < -0.3 is 24.0 Å². The molecular weight excluding hydrogens is 548 g/mol. The summed E-state index contributed by atoms with van der Waals surface area (Å²) < 4.78 is 15.9. The van der Waals surface area contributed by atoms with Crippen LogP contribution in [0.25, 0.3) is 6.08 Å². The third-order valence-electron chi connectivity index (χ3n) is 7.97. The van der Waals surface area contributed by atoms with Gasteiger partial charge in [-0.25, -0.2) is 9.59 Å². The average molecular weight is 579 g/mol. The number of rotatable bonds is 7. The van der Waals surface area contributed by atoms with Crippen molar-refractivity contribution in [2.75, 3.05) is 37.2 Å². The second kappa shape index (κ2) is 11.0. The summed E-state index contributed by atoms with van der Waals surface area (Å²) in [6, 6.07) is 11.5. The maximum absolute atomic E-state index is 15.0. The van der Waals surface area contributed by atoms with Crippen molar-refractivity contribution in [2.45, 2.75) is 38.1 Å². The summed E-state index contributed by atoms with van der Waals surface area (Å²) >= 11 is 6.54. The highest BCUT2D eigenvalue weighted by molar-refractivity contribution is 6.31. The number of anilines is 2. The maximum Gasteiger partial charge on any atom is 0.355 e. The monoisotopic (exact) mass is 578 g/mol. The molecule has 0 aromatic heterocycles. The quantitative estimate of drug-likeness (QED) is 0.351. The van der Waals surface area contributed by atoms with Gasteiger partial charge in [-0.1, -0.05) is 55.3 Å². The lowest BCUT2D eigenvalue weighted by molar-refractivity contribution is -0.155. The fourth-order valence-corrected chi connectivity index (χ4v) is 6.52. The highest BCUT2D eigenvalue weighted by Gasteiger charge is 2.69. The fourth-order valence-electron chi connectivity index (χ4n) is 6.34. The molecule has 1 amide bonds. The lowest BCUT2D eigenvalue weighted by Gasteiger charge is -2.52. The molecule has 0 bridgehead atoms. The van der Waals surface area contributed by atoms with Crippen molar-refractivity contribution in [1.82, 2.24) is 0 Å². The molecular formula is C31H31ClN2O7. The van der Waals surface area contributed by atoms with Crippen LogP contribution in [0, 0.1) is 5.92 Å². The third kappa shape index (κ3) is 4.13. The molecule has 0 saturated heterocycles. The fraction of sp³-hybridized carbons (Fsp3) is 0.355. The largest absolute Gasteiger partial charge is 0.466 e. The molecule has 0 saturated carbocycles. The van der Waals surface area contributed by atoms with Crippen LogP contribution >= 0.6 is 11.6 Å². The van der Waals surface area contributed by atoms with Gasteiger partial charge in [0.2, 0.25) is 5.91 Å². The Morgan fingerprint density at radius 3 is 2.41 bits per heavy atom. The molecule has 2 aromatic carbocycles. The van der Waals surface area contributed by atoms with E-state index in [1.54, 1.807) is 53.1 Å². The highest BCUT2D eigenvalue weighted by Crippen LogP contribution is 2.58. The van der Waals surface area contributed by atoms with Crippen LogP contribution in [0.2, 0.25) is 5.02 Å². The third-order valence-corrected chi connectivity index (χ3v) is 8.21. The van der Waals surface area contributed by atoms with Gasteiger partial charge in [-0.2, -0.15) is 0 Å². The molecule has 5 rings (SSSR count). The van der Waals surface area contributed by atoms with Gasteiger partial charge in [0.05, 0.1) is 32.4 Å². The van der Waals surface area contributed by atoms with E-state index >= 15 is 0 Å². The van der Waals surface area contributed by atoms with Crippen molar-refractivity contribution in [1.29, 1.82) is 0 Å². The van der Waals surface area contributed by atoms with Gasteiger partial charge in [0, 0.05) is 22.9 Å². The van der Waals surface area contributed by atoms with Crippen molar-refractivity contribution in [3.05, 3.63) is 76.0 Å². The zero-order valence-electron chi connectivity index (χ0n) is 23.3. The van der Waals surface area contributed by atoms with Gasteiger partial charge in [-0.3, -0.25) is 9.59 Å². The van der Waals surface area contributed by atoms with Crippen LogP contribution in [-0.4, -0.2) is 57.2 Å². The number of carbonyl (C=O) groups is 4. The number of unbranched alkanes of at least 4 members (excludes halogenated alkanes) is 1. The Labute approximate surface area is 243 Å². The zero-order valence-corrected chi connectivity index (χ0v) is 24.1. The van der Waals surface area contributed by atoms with Gasteiger partial charge in [0.25, 0.3) is 0 Å². The second-order valence-corrected chi connectivity index (χ2v) is 10.4. The number of benzene rings is 2. The van der Waals surface area contributed by atoms with Crippen LogP contribution in [0.4, 0.5) is 11.4 Å². The molecule has 3 heterocycles. The molecule has 3 atom stereocenters. The first-order valence-electron chi connectivity index (χ1n) is 13.5. The molecule has 214 valence electrons. The lowest BCUT2D eigenvalue weighted by atomic mass is 9.59. The molecule has 1 unspecified atom stereocenters. The Balaban J connectivity index is 1.96. The van der Waals surface area contributed by atoms with Gasteiger partial charge in [-0.05, 0) is 48.7 Å². The number of hydrogen-bond acceptors (Lipinski definition) is 8. The van der Waals surface area contributed by atoms with E-state index in [4.69, 9.17) is 25.8 Å². The summed E-state index contributed by atoms with van der Waals surface area (Å²) in [5, 5.41) is 0.352. The molecule has 41 heavy (non-hydrogen) atoms. The summed E-state index contributed by atoms with van der Waals surface area (Å²) in [6.45, 7) is 4.02. The summed E-state index contributed by atoms with van der Waals surface area (Å²) in [5.74, 6) is -4.58. The van der Waals surface area contributed by atoms with Crippen LogP contribution in [-0.2, 0) is 38.8 Å². The first-order valence-corrected chi connectivity index (χ1v) is 13.9. The number of para-hydroxylation sites is 1. The Bertz CT molecular complexity index is 1500. The van der Waals surface area contributed by atoms with E-state index in [1.807, 2.05) is 25.1 Å². The van der Waals surface area contributed by atoms with E-state index in [0.29, 0.717) is 34.9 Å². The van der Waals surface area contributed by atoms with E-state index in [-0.39, 0.29) is 17.9 Å². The molecule has 0 fully saturated rings. The molecule has 0 aliphatic carbocycles. The molecule has 1 spiro atoms. The molecule has 0 N–H and O–H groups in total. The topological polar surface area (TPSA) is 102 Å². The second-order valence-electron chi connectivity index (χ2n) is 10.0. The Hall–Kier alpha value is -4.11. The van der Waals surface area contributed by atoms with E-state index in [1.165, 1.54) is 7.11 Å². The first kappa shape index (κ1) is 28.4. The number of nitrogens with zero attached hydrogens (tertiary/aromatic N) is 2. The number of methoxy groups -OCH3 is 2. The first-order chi connectivity index (χ1) is 19.8.